The van der Waals surface area contributed by atoms with E-state index in [0.717, 1.165) is 25.0 Å². The quantitative estimate of drug-likeness (QED) is 0.386. The first-order valence-corrected chi connectivity index (χ1v) is 12.0. The number of aromatic nitrogens is 2. The van der Waals surface area contributed by atoms with Crippen LogP contribution in [-0.2, 0) is 21.8 Å². The molecule has 0 spiro atoms. The van der Waals surface area contributed by atoms with Gasteiger partial charge in [0.2, 0.25) is 15.9 Å². The van der Waals surface area contributed by atoms with Crippen molar-refractivity contribution in [1.82, 2.24) is 19.8 Å². The number of amides is 1. The summed E-state index contributed by atoms with van der Waals surface area (Å²) in [5.74, 6) is -0.470. The maximum atomic E-state index is 12.9. The Bertz CT molecular complexity index is 1130. The molecule has 1 saturated heterocycles. The summed E-state index contributed by atoms with van der Waals surface area (Å²) in [7, 11) is -2.59. The van der Waals surface area contributed by atoms with Crippen molar-refractivity contribution in [2.24, 2.45) is 7.05 Å². The van der Waals surface area contributed by atoms with Crippen molar-refractivity contribution >= 4 is 21.6 Å². The maximum Gasteiger partial charge on any atom is 0.272 e. The summed E-state index contributed by atoms with van der Waals surface area (Å²) in [5.41, 5.74) is -0.319. The summed E-state index contributed by atoms with van der Waals surface area (Å²) in [6, 6.07) is 4.26. The first-order valence-electron chi connectivity index (χ1n) is 10.5. The summed E-state index contributed by atoms with van der Waals surface area (Å²) in [4.78, 5) is 22.6. The third kappa shape index (κ3) is 6.06. The summed E-state index contributed by atoms with van der Waals surface area (Å²) in [6.45, 7) is 4.52. The number of nitro groups is 1. The molecule has 0 unspecified atom stereocenters. The molecule has 180 valence electrons. The van der Waals surface area contributed by atoms with Gasteiger partial charge < -0.3 is 14.8 Å². The number of benzene rings is 1. The third-order valence-corrected chi connectivity index (χ3v) is 6.81. The Balaban J connectivity index is 1.85. The Morgan fingerprint density at radius 3 is 2.82 bits per heavy atom. The molecule has 33 heavy (non-hydrogen) atoms. The van der Waals surface area contributed by atoms with E-state index in [0.29, 0.717) is 19.6 Å². The number of rotatable bonds is 10. The summed E-state index contributed by atoms with van der Waals surface area (Å²) in [5, 5.41) is 18.1. The predicted octanol–water partition coefficient (Wildman–Crippen LogP) is 2.11. The number of sulfonamides is 1. The highest BCUT2D eigenvalue weighted by Gasteiger charge is 2.26. The van der Waals surface area contributed by atoms with E-state index in [-0.39, 0.29) is 28.3 Å². The summed E-state index contributed by atoms with van der Waals surface area (Å²) >= 11 is 0. The Morgan fingerprint density at radius 1 is 1.42 bits per heavy atom. The normalized spacial score (nSPS) is 17.0. The van der Waals surface area contributed by atoms with E-state index in [4.69, 9.17) is 9.47 Å². The number of carbonyl (C=O) groups excluding carboxylic acids is 1. The second kappa shape index (κ2) is 10.3. The molecule has 1 aromatic heterocycles. The highest BCUT2D eigenvalue weighted by atomic mass is 32.2. The maximum absolute atomic E-state index is 12.9. The number of hydrogen-bond donors (Lipinski definition) is 2. The lowest BCUT2D eigenvalue weighted by Crippen LogP contribution is -2.32. The van der Waals surface area contributed by atoms with E-state index >= 15 is 0 Å². The largest absolute Gasteiger partial charge is 0.438 e. The van der Waals surface area contributed by atoms with Gasteiger partial charge in [-0.05, 0) is 32.3 Å². The van der Waals surface area contributed by atoms with Crippen LogP contribution in [-0.4, -0.2) is 54.3 Å². The van der Waals surface area contributed by atoms with E-state index < -0.39 is 32.6 Å². The molecule has 2 atom stereocenters. The number of nitrogens with one attached hydrogen (secondary N) is 2. The standard InChI is InChI=1S/C20H27N5O7S/c1-4-13(2)23-33(29,30)18-10-14(25(27)28)7-8-17(18)32-19-11-16(22-24(19)3)20(26)21-12-15-6-5-9-31-15/h7-8,10-11,13,15,23H,4-6,9,12H2,1-3H3,(H,21,26)/t13-,15+/m1/s1. The lowest BCUT2D eigenvalue weighted by molar-refractivity contribution is -0.385. The van der Waals surface area contributed by atoms with Crippen molar-refractivity contribution in [3.8, 4) is 11.6 Å². The van der Waals surface area contributed by atoms with Crippen LogP contribution in [0.1, 0.15) is 43.6 Å². The van der Waals surface area contributed by atoms with Gasteiger partial charge in [-0.15, -0.1) is 0 Å². The number of aryl methyl sites for hydroxylation is 1. The van der Waals surface area contributed by atoms with Gasteiger partial charge in [-0.2, -0.15) is 5.10 Å². The topological polar surface area (TPSA) is 155 Å². The van der Waals surface area contributed by atoms with Gasteiger partial charge in [0, 0.05) is 44.4 Å². The molecular formula is C20H27N5O7S. The van der Waals surface area contributed by atoms with Crippen molar-refractivity contribution in [2.45, 2.75) is 50.2 Å². The fourth-order valence-electron chi connectivity index (χ4n) is 3.19. The fraction of sp³-hybridized carbons (Fsp3) is 0.500. The van der Waals surface area contributed by atoms with Gasteiger partial charge >= 0.3 is 0 Å². The van der Waals surface area contributed by atoms with Crippen molar-refractivity contribution < 1.29 is 27.6 Å². The molecule has 0 radical (unpaired) electrons. The van der Waals surface area contributed by atoms with Crippen LogP contribution in [0.5, 0.6) is 11.6 Å². The number of nitro benzene ring substituents is 1. The van der Waals surface area contributed by atoms with Crippen LogP contribution >= 0.6 is 0 Å². The number of non-ortho nitro benzene ring substituents is 1. The molecule has 1 aliphatic heterocycles. The van der Waals surface area contributed by atoms with E-state index in [1.54, 1.807) is 13.8 Å². The van der Waals surface area contributed by atoms with Crippen LogP contribution in [0.2, 0.25) is 0 Å². The molecule has 2 heterocycles. The smallest absolute Gasteiger partial charge is 0.272 e. The average Bonchev–Trinajstić information content (AvgIpc) is 3.41. The molecule has 0 aliphatic carbocycles. The van der Waals surface area contributed by atoms with Gasteiger partial charge in [-0.1, -0.05) is 6.92 Å². The SMILES string of the molecule is CC[C@@H](C)NS(=O)(=O)c1cc([N+](=O)[O-])ccc1Oc1cc(C(=O)NC[C@@H]2CCCO2)nn1C. The molecule has 0 saturated carbocycles. The Kier molecular flexibility index (Phi) is 7.66. The second-order valence-corrected chi connectivity index (χ2v) is 9.44. The first-order chi connectivity index (χ1) is 15.6. The van der Waals surface area contributed by atoms with Gasteiger partial charge in [0.25, 0.3) is 11.6 Å². The number of nitrogens with zero attached hydrogens (tertiary/aromatic N) is 3. The van der Waals surface area contributed by atoms with Crippen LogP contribution in [0, 0.1) is 10.1 Å². The van der Waals surface area contributed by atoms with Gasteiger partial charge in [0.15, 0.2) is 5.69 Å². The Morgan fingerprint density at radius 2 is 2.18 bits per heavy atom. The predicted molar refractivity (Wildman–Crippen MR) is 118 cm³/mol. The van der Waals surface area contributed by atoms with Crippen molar-refractivity contribution in [1.29, 1.82) is 0 Å². The van der Waals surface area contributed by atoms with Crippen molar-refractivity contribution in [3.63, 3.8) is 0 Å². The van der Waals surface area contributed by atoms with Crippen LogP contribution in [0.15, 0.2) is 29.2 Å². The van der Waals surface area contributed by atoms with Gasteiger partial charge in [0.1, 0.15) is 10.6 Å². The molecule has 3 rings (SSSR count). The lowest BCUT2D eigenvalue weighted by atomic mass is 10.2. The number of hydrogen-bond acceptors (Lipinski definition) is 8. The zero-order chi connectivity index (χ0) is 24.2. The zero-order valence-electron chi connectivity index (χ0n) is 18.6. The highest BCUT2D eigenvalue weighted by Crippen LogP contribution is 2.32. The number of carbonyl (C=O) groups is 1. The molecule has 1 fully saturated rings. The van der Waals surface area contributed by atoms with E-state index in [2.05, 4.69) is 15.1 Å². The molecule has 1 aromatic carbocycles. The van der Waals surface area contributed by atoms with Crippen LogP contribution in [0.3, 0.4) is 0 Å². The van der Waals surface area contributed by atoms with Gasteiger partial charge in [0.05, 0.1) is 11.0 Å². The lowest BCUT2D eigenvalue weighted by Gasteiger charge is -2.15. The minimum Gasteiger partial charge on any atom is -0.438 e. The summed E-state index contributed by atoms with van der Waals surface area (Å²) < 4.78 is 40.7. The van der Waals surface area contributed by atoms with E-state index in [1.807, 2.05) is 0 Å². The highest BCUT2D eigenvalue weighted by molar-refractivity contribution is 7.89. The Hall–Kier alpha value is -3.03. The zero-order valence-corrected chi connectivity index (χ0v) is 19.4. The van der Waals surface area contributed by atoms with E-state index in [9.17, 15) is 23.3 Å². The summed E-state index contributed by atoms with van der Waals surface area (Å²) in [6.07, 6.45) is 2.32. The van der Waals surface area contributed by atoms with Crippen LogP contribution < -0.4 is 14.8 Å². The van der Waals surface area contributed by atoms with E-state index in [1.165, 1.54) is 23.9 Å². The second-order valence-electron chi connectivity index (χ2n) is 7.76. The third-order valence-electron chi connectivity index (χ3n) is 5.19. The molecule has 2 aromatic rings. The molecular weight excluding hydrogens is 454 g/mol. The Labute approximate surface area is 191 Å². The minimum atomic E-state index is -4.12. The molecule has 13 heteroatoms. The molecule has 2 N–H and O–H groups in total. The molecule has 12 nitrogen and oxygen atoms in total. The molecule has 0 bridgehead atoms. The van der Waals surface area contributed by atoms with Crippen LogP contribution in [0.25, 0.3) is 0 Å². The number of ether oxygens (including phenoxy) is 2. The average molecular weight is 482 g/mol. The molecule has 1 amide bonds. The fourth-order valence-corrected chi connectivity index (χ4v) is 4.66. The monoisotopic (exact) mass is 481 g/mol. The van der Waals surface area contributed by atoms with Gasteiger partial charge in [-0.25, -0.2) is 17.8 Å². The van der Waals surface area contributed by atoms with Crippen molar-refractivity contribution in [3.05, 3.63) is 40.1 Å². The minimum absolute atomic E-state index is 0.0285. The molecule has 1 aliphatic rings. The van der Waals surface area contributed by atoms with Crippen LogP contribution in [0.4, 0.5) is 5.69 Å². The first kappa shape index (κ1) is 24.6. The van der Waals surface area contributed by atoms with Gasteiger partial charge in [-0.3, -0.25) is 14.9 Å². The van der Waals surface area contributed by atoms with Crippen molar-refractivity contribution in [2.75, 3.05) is 13.2 Å².